The molecule has 104 valence electrons. The third kappa shape index (κ3) is 4.75. The van der Waals surface area contributed by atoms with Crippen molar-refractivity contribution >= 4 is 19.9 Å². The number of aromatic nitrogens is 2. The van der Waals surface area contributed by atoms with Crippen molar-refractivity contribution in [1.29, 1.82) is 0 Å². The van der Waals surface area contributed by atoms with Gasteiger partial charge in [-0.25, -0.2) is 26.5 Å². The van der Waals surface area contributed by atoms with E-state index >= 15 is 0 Å². The van der Waals surface area contributed by atoms with Crippen LogP contribution in [0.3, 0.4) is 0 Å². The van der Waals surface area contributed by atoms with Gasteiger partial charge < -0.3 is 4.98 Å². The first-order valence-corrected chi connectivity index (χ1v) is 9.00. The van der Waals surface area contributed by atoms with E-state index in [4.69, 9.17) is 0 Å². The maximum absolute atomic E-state index is 11.8. The van der Waals surface area contributed by atoms with Crippen molar-refractivity contribution in [2.45, 2.75) is 24.8 Å². The van der Waals surface area contributed by atoms with Crippen LogP contribution in [-0.2, 0) is 26.3 Å². The molecule has 18 heavy (non-hydrogen) atoms. The SMILES string of the molecule is CCc1ncc(S(=O)(=O)NCCCS(C)(=O)=O)[nH]1. The average Bonchev–Trinajstić information content (AvgIpc) is 2.72. The predicted octanol–water partition coefficient (Wildman–Crippen LogP) is -0.315. The number of sulfonamides is 1. The number of aromatic amines is 1. The highest BCUT2D eigenvalue weighted by atomic mass is 32.2. The van der Waals surface area contributed by atoms with E-state index in [0.29, 0.717) is 12.2 Å². The first-order valence-electron chi connectivity index (χ1n) is 5.46. The topological polar surface area (TPSA) is 109 Å². The van der Waals surface area contributed by atoms with Crippen molar-refractivity contribution in [3.63, 3.8) is 0 Å². The summed E-state index contributed by atoms with van der Waals surface area (Å²) in [4.78, 5) is 6.58. The van der Waals surface area contributed by atoms with Crippen LogP contribution < -0.4 is 4.72 Å². The molecule has 0 radical (unpaired) electrons. The Morgan fingerprint density at radius 1 is 1.33 bits per heavy atom. The van der Waals surface area contributed by atoms with Gasteiger partial charge in [0.25, 0.3) is 10.0 Å². The van der Waals surface area contributed by atoms with Gasteiger partial charge in [-0.3, -0.25) is 0 Å². The third-order valence-corrected chi connectivity index (χ3v) is 4.61. The van der Waals surface area contributed by atoms with E-state index in [-0.39, 0.29) is 23.7 Å². The number of nitrogens with zero attached hydrogens (tertiary/aromatic N) is 1. The lowest BCUT2D eigenvalue weighted by atomic mass is 10.5. The Balaban J connectivity index is 2.55. The van der Waals surface area contributed by atoms with E-state index in [1.165, 1.54) is 6.20 Å². The zero-order valence-electron chi connectivity index (χ0n) is 10.3. The summed E-state index contributed by atoms with van der Waals surface area (Å²) in [5.41, 5.74) is 0. The second-order valence-electron chi connectivity index (χ2n) is 3.93. The molecular weight excluding hydrogens is 278 g/mol. The highest BCUT2D eigenvalue weighted by molar-refractivity contribution is 7.90. The van der Waals surface area contributed by atoms with Gasteiger partial charge in [-0.1, -0.05) is 6.92 Å². The lowest BCUT2D eigenvalue weighted by molar-refractivity contribution is 0.574. The summed E-state index contributed by atoms with van der Waals surface area (Å²) >= 11 is 0. The van der Waals surface area contributed by atoms with Crippen molar-refractivity contribution in [3.05, 3.63) is 12.0 Å². The molecule has 0 saturated carbocycles. The molecule has 0 bridgehead atoms. The molecule has 1 rings (SSSR count). The Kier molecular flexibility index (Phi) is 4.88. The molecule has 9 heteroatoms. The fraction of sp³-hybridized carbons (Fsp3) is 0.667. The summed E-state index contributed by atoms with van der Waals surface area (Å²) < 4.78 is 47.6. The number of aryl methyl sites for hydroxylation is 1. The van der Waals surface area contributed by atoms with Crippen LogP contribution in [0.4, 0.5) is 0 Å². The Labute approximate surface area is 107 Å². The second kappa shape index (κ2) is 5.81. The van der Waals surface area contributed by atoms with Crippen LogP contribution in [0, 0.1) is 0 Å². The van der Waals surface area contributed by atoms with Crippen molar-refractivity contribution in [3.8, 4) is 0 Å². The molecule has 1 aromatic heterocycles. The monoisotopic (exact) mass is 295 g/mol. The molecule has 0 aliphatic rings. The molecule has 1 heterocycles. The smallest absolute Gasteiger partial charge is 0.257 e. The number of rotatable bonds is 7. The average molecular weight is 295 g/mol. The van der Waals surface area contributed by atoms with Gasteiger partial charge in [0.15, 0.2) is 5.03 Å². The van der Waals surface area contributed by atoms with Gasteiger partial charge in [0.2, 0.25) is 0 Å². The zero-order chi connectivity index (χ0) is 13.8. The molecule has 0 amide bonds. The summed E-state index contributed by atoms with van der Waals surface area (Å²) in [6.07, 6.45) is 3.22. The van der Waals surface area contributed by atoms with E-state index in [1.807, 2.05) is 6.92 Å². The summed E-state index contributed by atoms with van der Waals surface area (Å²) in [5, 5.41) is -0.00120. The highest BCUT2D eigenvalue weighted by Gasteiger charge is 2.16. The van der Waals surface area contributed by atoms with E-state index in [2.05, 4.69) is 14.7 Å². The second-order valence-corrected chi connectivity index (χ2v) is 7.92. The maximum atomic E-state index is 11.8. The van der Waals surface area contributed by atoms with Crippen LogP contribution in [0.1, 0.15) is 19.2 Å². The van der Waals surface area contributed by atoms with Gasteiger partial charge in [-0.2, -0.15) is 0 Å². The summed E-state index contributed by atoms with van der Waals surface area (Å²) in [5.74, 6) is 0.546. The minimum atomic E-state index is -3.63. The van der Waals surface area contributed by atoms with Crippen molar-refractivity contribution < 1.29 is 16.8 Å². The largest absolute Gasteiger partial charge is 0.332 e. The van der Waals surface area contributed by atoms with E-state index in [1.54, 1.807) is 0 Å². The minimum absolute atomic E-state index is 0.00120. The molecule has 0 saturated heterocycles. The summed E-state index contributed by atoms with van der Waals surface area (Å²) in [6, 6.07) is 0. The third-order valence-electron chi connectivity index (χ3n) is 2.21. The van der Waals surface area contributed by atoms with Gasteiger partial charge in [0, 0.05) is 19.2 Å². The van der Waals surface area contributed by atoms with E-state index < -0.39 is 19.9 Å². The van der Waals surface area contributed by atoms with E-state index in [9.17, 15) is 16.8 Å². The Hall–Kier alpha value is -0.930. The maximum Gasteiger partial charge on any atom is 0.257 e. The molecule has 0 aliphatic carbocycles. The normalized spacial score (nSPS) is 12.8. The van der Waals surface area contributed by atoms with Gasteiger partial charge in [-0.15, -0.1) is 0 Å². The molecule has 0 atom stereocenters. The number of hydrogen-bond acceptors (Lipinski definition) is 5. The minimum Gasteiger partial charge on any atom is -0.332 e. The van der Waals surface area contributed by atoms with Gasteiger partial charge in [0.05, 0.1) is 11.9 Å². The van der Waals surface area contributed by atoms with Crippen molar-refractivity contribution in [2.75, 3.05) is 18.6 Å². The molecule has 1 aromatic rings. The van der Waals surface area contributed by atoms with Crippen molar-refractivity contribution in [2.24, 2.45) is 0 Å². The van der Waals surface area contributed by atoms with Gasteiger partial charge in [0.1, 0.15) is 15.7 Å². The lowest BCUT2D eigenvalue weighted by Gasteiger charge is -2.03. The lowest BCUT2D eigenvalue weighted by Crippen LogP contribution is -2.26. The Morgan fingerprint density at radius 3 is 2.50 bits per heavy atom. The fourth-order valence-corrected chi connectivity index (χ4v) is 2.96. The molecule has 0 unspecified atom stereocenters. The van der Waals surface area contributed by atoms with Crippen molar-refractivity contribution in [1.82, 2.24) is 14.7 Å². The summed E-state index contributed by atoms with van der Waals surface area (Å²) in [7, 11) is -6.69. The molecule has 0 aliphatic heterocycles. The first-order chi connectivity index (χ1) is 8.24. The van der Waals surface area contributed by atoms with Crippen LogP contribution in [0.2, 0.25) is 0 Å². The van der Waals surface area contributed by atoms with Crippen LogP contribution in [-0.4, -0.2) is 45.4 Å². The van der Waals surface area contributed by atoms with Gasteiger partial charge in [-0.05, 0) is 6.42 Å². The number of imidazole rings is 1. The highest BCUT2D eigenvalue weighted by Crippen LogP contribution is 2.05. The van der Waals surface area contributed by atoms with E-state index in [0.717, 1.165) is 6.26 Å². The molecule has 7 nitrogen and oxygen atoms in total. The number of H-pyrrole nitrogens is 1. The quantitative estimate of drug-likeness (QED) is 0.670. The number of sulfone groups is 1. The van der Waals surface area contributed by atoms with Crippen LogP contribution in [0.25, 0.3) is 0 Å². The number of nitrogens with one attached hydrogen (secondary N) is 2. The predicted molar refractivity (Wildman–Crippen MR) is 67.5 cm³/mol. The first kappa shape index (κ1) is 15.1. The zero-order valence-corrected chi connectivity index (χ0v) is 11.9. The van der Waals surface area contributed by atoms with Crippen LogP contribution in [0.15, 0.2) is 11.2 Å². The molecular formula is C9H17N3O4S2. The molecule has 0 spiro atoms. The Bertz CT molecular complexity index is 589. The molecule has 0 fully saturated rings. The van der Waals surface area contributed by atoms with Crippen LogP contribution >= 0.6 is 0 Å². The number of hydrogen-bond donors (Lipinski definition) is 2. The molecule has 2 N–H and O–H groups in total. The Morgan fingerprint density at radius 2 is 2.00 bits per heavy atom. The summed E-state index contributed by atoms with van der Waals surface area (Å²) in [6.45, 7) is 1.94. The van der Waals surface area contributed by atoms with Crippen LogP contribution in [0.5, 0.6) is 0 Å². The standard InChI is InChI=1S/C9H17N3O4S2/c1-3-8-10-7-9(12-8)18(15,16)11-5-4-6-17(2,13)14/h7,11H,3-6H2,1-2H3,(H,10,12). The fourth-order valence-electron chi connectivity index (χ4n) is 1.28. The molecule has 0 aromatic carbocycles. The van der Waals surface area contributed by atoms with Gasteiger partial charge >= 0.3 is 0 Å².